The second-order valence-electron chi connectivity index (χ2n) is 5.60. The highest BCUT2D eigenvalue weighted by atomic mass is 16.7. The van der Waals surface area contributed by atoms with Crippen LogP contribution in [0, 0.1) is 17.3 Å². The molecule has 1 fully saturated rings. The van der Waals surface area contributed by atoms with Crippen LogP contribution in [0.1, 0.15) is 40.5 Å². The van der Waals surface area contributed by atoms with Crippen molar-refractivity contribution in [3.05, 3.63) is 11.6 Å². The minimum absolute atomic E-state index is 0.0250. The van der Waals surface area contributed by atoms with Gasteiger partial charge in [-0.05, 0) is 31.6 Å². The topological polar surface area (TPSA) is 18.5 Å². The molecular formula is C14H24O2. The molecule has 1 saturated heterocycles. The van der Waals surface area contributed by atoms with Crippen molar-refractivity contribution in [3.8, 4) is 0 Å². The van der Waals surface area contributed by atoms with Crippen molar-refractivity contribution < 1.29 is 9.47 Å². The summed E-state index contributed by atoms with van der Waals surface area (Å²) in [6, 6.07) is 0. The fourth-order valence-corrected chi connectivity index (χ4v) is 3.16. The molecule has 1 aliphatic carbocycles. The summed E-state index contributed by atoms with van der Waals surface area (Å²) >= 11 is 0. The lowest BCUT2D eigenvalue weighted by Gasteiger charge is -2.49. The van der Waals surface area contributed by atoms with Crippen LogP contribution in [0.5, 0.6) is 0 Å². The van der Waals surface area contributed by atoms with Crippen LogP contribution >= 0.6 is 0 Å². The first kappa shape index (κ1) is 12.1. The highest BCUT2D eigenvalue weighted by Crippen LogP contribution is 2.46. The summed E-state index contributed by atoms with van der Waals surface area (Å²) in [6.07, 6.45) is 4.57. The maximum Gasteiger partial charge on any atom is 0.157 e. The molecular weight excluding hydrogens is 200 g/mol. The predicted molar refractivity (Wildman–Crippen MR) is 65.1 cm³/mol. The molecule has 0 saturated carbocycles. The van der Waals surface area contributed by atoms with Crippen LogP contribution in [0.3, 0.4) is 0 Å². The van der Waals surface area contributed by atoms with Gasteiger partial charge in [0.15, 0.2) is 6.29 Å². The summed E-state index contributed by atoms with van der Waals surface area (Å²) in [4.78, 5) is 0. The standard InChI is InChI=1S/C14H24O2/c1-5-13-15-8-14(9-16-13)11(3)6-10(2)7-12(14)4/h6,11-13H,5,7-9H2,1-4H3/t11-,12+,13?,14?/m1/s1. The molecule has 1 spiro atoms. The van der Waals surface area contributed by atoms with E-state index in [0.29, 0.717) is 11.8 Å². The third kappa shape index (κ3) is 1.93. The average molecular weight is 224 g/mol. The highest BCUT2D eigenvalue weighted by Gasteiger charge is 2.46. The van der Waals surface area contributed by atoms with Crippen molar-refractivity contribution in [2.75, 3.05) is 13.2 Å². The lowest BCUT2D eigenvalue weighted by Crippen LogP contribution is -2.50. The molecule has 2 heteroatoms. The monoisotopic (exact) mass is 224 g/mol. The summed E-state index contributed by atoms with van der Waals surface area (Å²) in [5, 5.41) is 0. The van der Waals surface area contributed by atoms with Gasteiger partial charge in [-0.2, -0.15) is 0 Å². The van der Waals surface area contributed by atoms with Crippen molar-refractivity contribution in [1.82, 2.24) is 0 Å². The second kappa shape index (κ2) is 4.50. The molecule has 2 rings (SSSR count). The van der Waals surface area contributed by atoms with Crippen molar-refractivity contribution >= 4 is 0 Å². The lowest BCUT2D eigenvalue weighted by molar-refractivity contribution is -0.250. The number of ether oxygens (including phenoxy) is 2. The van der Waals surface area contributed by atoms with E-state index in [9.17, 15) is 0 Å². The number of hydrogen-bond acceptors (Lipinski definition) is 2. The molecule has 0 radical (unpaired) electrons. The van der Waals surface area contributed by atoms with E-state index in [0.717, 1.165) is 19.6 Å². The Morgan fingerprint density at radius 2 is 1.94 bits per heavy atom. The van der Waals surface area contributed by atoms with E-state index in [1.807, 2.05) is 0 Å². The van der Waals surface area contributed by atoms with Crippen LogP contribution in [0.15, 0.2) is 11.6 Å². The van der Waals surface area contributed by atoms with Gasteiger partial charge in [0.1, 0.15) is 0 Å². The van der Waals surface area contributed by atoms with Crippen LogP contribution in [-0.2, 0) is 9.47 Å². The van der Waals surface area contributed by atoms with Crippen molar-refractivity contribution in [2.45, 2.75) is 46.8 Å². The lowest BCUT2D eigenvalue weighted by atomic mass is 9.63. The highest BCUT2D eigenvalue weighted by molar-refractivity contribution is 5.13. The van der Waals surface area contributed by atoms with E-state index in [-0.39, 0.29) is 11.7 Å². The normalized spacial score (nSPS) is 44.5. The molecule has 16 heavy (non-hydrogen) atoms. The van der Waals surface area contributed by atoms with E-state index >= 15 is 0 Å². The van der Waals surface area contributed by atoms with Crippen LogP contribution in [-0.4, -0.2) is 19.5 Å². The van der Waals surface area contributed by atoms with E-state index in [1.54, 1.807) is 0 Å². The predicted octanol–water partition coefficient (Wildman–Crippen LogP) is 3.38. The molecule has 92 valence electrons. The zero-order valence-corrected chi connectivity index (χ0v) is 11.0. The maximum atomic E-state index is 5.85. The van der Waals surface area contributed by atoms with E-state index < -0.39 is 0 Å². The number of rotatable bonds is 1. The van der Waals surface area contributed by atoms with Crippen LogP contribution in [0.2, 0.25) is 0 Å². The van der Waals surface area contributed by atoms with Crippen LogP contribution < -0.4 is 0 Å². The zero-order chi connectivity index (χ0) is 11.8. The van der Waals surface area contributed by atoms with Crippen molar-refractivity contribution in [1.29, 1.82) is 0 Å². The van der Waals surface area contributed by atoms with E-state index in [2.05, 4.69) is 33.8 Å². The smallest absolute Gasteiger partial charge is 0.157 e. The third-order valence-corrected chi connectivity index (χ3v) is 4.46. The number of hydrogen-bond donors (Lipinski definition) is 0. The minimum Gasteiger partial charge on any atom is -0.352 e. The second-order valence-corrected chi connectivity index (χ2v) is 5.60. The fourth-order valence-electron chi connectivity index (χ4n) is 3.16. The van der Waals surface area contributed by atoms with Gasteiger partial charge >= 0.3 is 0 Å². The molecule has 2 nitrogen and oxygen atoms in total. The summed E-state index contributed by atoms with van der Waals surface area (Å²) in [6.45, 7) is 10.7. The van der Waals surface area contributed by atoms with Gasteiger partial charge in [0.05, 0.1) is 13.2 Å². The molecule has 2 atom stereocenters. The Labute approximate surface area is 99.0 Å². The van der Waals surface area contributed by atoms with Gasteiger partial charge in [0.2, 0.25) is 0 Å². The van der Waals surface area contributed by atoms with Gasteiger partial charge < -0.3 is 9.47 Å². The molecule has 0 aromatic heterocycles. The Bertz CT molecular complexity index is 274. The fraction of sp³-hybridized carbons (Fsp3) is 0.857. The summed E-state index contributed by atoms with van der Waals surface area (Å²) in [7, 11) is 0. The Morgan fingerprint density at radius 1 is 1.31 bits per heavy atom. The third-order valence-electron chi connectivity index (χ3n) is 4.46. The van der Waals surface area contributed by atoms with Gasteiger partial charge in [-0.1, -0.05) is 32.4 Å². The van der Waals surface area contributed by atoms with Gasteiger partial charge in [0.25, 0.3) is 0 Å². The first-order valence-corrected chi connectivity index (χ1v) is 6.49. The van der Waals surface area contributed by atoms with E-state index in [4.69, 9.17) is 9.47 Å². The first-order valence-electron chi connectivity index (χ1n) is 6.49. The Morgan fingerprint density at radius 3 is 2.44 bits per heavy atom. The summed E-state index contributed by atoms with van der Waals surface area (Å²) in [5.74, 6) is 1.22. The van der Waals surface area contributed by atoms with Crippen LogP contribution in [0.4, 0.5) is 0 Å². The maximum absolute atomic E-state index is 5.85. The molecule has 0 aromatic rings. The molecule has 1 heterocycles. The molecule has 0 unspecified atom stereocenters. The quantitative estimate of drug-likeness (QED) is 0.636. The Kier molecular flexibility index (Phi) is 3.41. The Balaban J connectivity index is 2.13. The molecule has 1 aliphatic heterocycles. The molecule has 0 N–H and O–H groups in total. The first-order chi connectivity index (χ1) is 7.58. The Hall–Kier alpha value is -0.340. The summed E-state index contributed by atoms with van der Waals surface area (Å²) < 4.78 is 11.7. The van der Waals surface area contributed by atoms with Gasteiger partial charge in [-0.3, -0.25) is 0 Å². The van der Waals surface area contributed by atoms with Crippen molar-refractivity contribution in [3.63, 3.8) is 0 Å². The largest absolute Gasteiger partial charge is 0.352 e. The number of allylic oxidation sites excluding steroid dienone is 2. The van der Waals surface area contributed by atoms with Gasteiger partial charge in [-0.25, -0.2) is 0 Å². The molecule has 0 aromatic carbocycles. The summed E-state index contributed by atoms with van der Waals surface area (Å²) in [5.41, 5.74) is 1.73. The van der Waals surface area contributed by atoms with Crippen molar-refractivity contribution in [2.24, 2.45) is 17.3 Å². The molecule has 2 aliphatic rings. The average Bonchev–Trinajstić information content (AvgIpc) is 2.27. The zero-order valence-electron chi connectivity index (χ0n) is 11.0. The van der Waals surface area contributed by atoms with Crippen LogP contribution in [0.25, 0.3) is 0 Å². The van der Waals surface area contributed by atoms with Gasteiger partial charge in [-0.15, -0.1) is 0 Å². The minimum atomic E-state index is 0.0250. The SMILES string of the molecule is CCC1OCC2(CO1)[C@H](C)C=C(C)C[C@@H]2C. The molecule has 0 amide bonds. The van der Waals surface area contributed by atoms with Gasteiger partial charge in [0, 0.05) is 5.41 Å². The van der Waals surface area contributed by atoms with E-state index in [1.165, 1.54) is 12.0 Å². The molecule has 0 bridgehead atoms.